The minimum Gasteiger partial charge on any atom is -0.348 e. The van der Waals surface area contributed by atoms with E-state index in [4.69, 9.17) is 14.3 Å². The maximum absolute atomic E-state index is 14.3. The van der Waals surface area contributed by atoms with Crippen molar-refractivity contribution in [3.05, 3.63) is 53.5 Å². The summed E-state index contributed by atoms with van der Waals surface area (Å²) in [7, 11) is 0. The molecule has 1 aliphatic heterocycles. The second-order valence-electron chi connectivity index (χ2n) is 7.46. The van der Waals surface area contributed by atoms with Crippen LogP contribution in [0.25, 0.3) is 10.2 Å². The molecule has 3 aromatic rings. The lowest BCUT2D eigenvalue weighted by molar-refractivity contribution is -0.147. The largest absolute Gasteiger partial charge is 0.348 e. The monoisotopic (exact) mass is 431 g/mol. The third-order valence-electron chi connectivity index (χ3n) is 4.57. The summed E-state index contributed by atoms with van der Waals surface area (Å²) in [5.41, 5.74) is 3.88. The van der Waals surface area contributed by atoms with Crippen LogP contribution in [0.3, 0.4) is 0 Å². The predicted octanol–water partition coefficient (Wildman–Crippen LogP) is 4.30. The van der Waals surface area contributed by atoms with Gasteiger partial charge in [0.05, 0.1) is 17.9 Å². The molecule has 30 heavy (non-hydrogen) atoms. The molecular weight excluding hydrogens is 409 g/mol. The van der Waals surface area contributed by atoms with Gasteiger partial charge in [0.2, 0.25) is 0 Å². The van der Waals surface area contributed by atoms with Crippen molar-refractivity contribution in [2.24, 2.45) is 0 Å². The second-order valence-corrected chi connectivity index (χ2v) is 8.46. The van der Waals surface area contributed by atoms with Crippen LogP contribution in [0.15, 0.2) is 36.5 Å². The third-order valence-corrected chi connectivity index (χ3v) is 5.60. The molecular formula is C21H22FN3O4S. The SMILES string of the molecule is Cc1ccc(Nc2sc3ncccc3c2C(=O)NOCC2COC(C)(C)O2)c(F)c1. The number of halogens is 1. The number of hydrogen-bond donors (Lipinski definition) is 2. The molecule has 0 radical (unpaired) electrons. The average Bonchev–Trinajstić information content (AvgIpc) is 3.23. The van der Waals surface area contributed by atoms with Crippen LogP contribution in [0.4, 0.5) is 15.1 Å². The minimum absolute atomic E-state index is 0.144. The van der Waals surface area contributed by atoms with Gasteiger partial charge in [-0.1, -0.05) is 17.4 Å². The summed E-state index contributed by atoms with van der Waals surface area (Å²) in [5.74, 6) is -1.52. The van der Waals surface area contributed by atoms with Gasteiger partial charge in [0.15, 0.2) is 5.79 Å². The number of nitrogens with one attached hydrogen (secondary N) is 2. The molecule has 0 spiro atoms. The molecule has 2 aromatic heterocycles. The Hall–Kier alpha value is -2.59. The molecule has 1 atom stereocenters. The summed E-state index contributed by atoms with van der Waals surface area (Å²) in [6.07, 6.45) is 1.37. The highest BCUT2D eigenvalue weighted by atomic mass is 32.1. The van der Waals surface area contributed by atoms with Gasteiger partial charge in [-0.2, -0.15) is 0 Å². The van der Waals surface area contributed by atoms with E-state index in [2.05, 4.69) is 15.8 Å². The number of aromatic nitrogens is 1. The molecule has 1 aromatic carbocycles. The van der Waals surface area contributed by atoms with E-state index in [1.54, 1.807) is 30.5 Å². The number of carbonyl (C=O) groups excluding carboxylic acids is 1. The number of benzene rings is 1. The van der Waals surface area contributed by atoms with Crippen molar-refractivity contribution < 1.29 is 23.5 Å². The highest BCUT2D eigenvalue weighted by molar-refractivity contribution is 7.23. The van der Waals surface area contributed by atoms with Crippen molar-refractivity contribution in [2.45, 2.75) is 32.7 Å². The van der Waals surface area contributed by atoms with Crippen molar-refractivity contribution >= 4 is 38.1 Å². The van der Waals surface area contributed by atoms with Crippen molar-refractivity contribution in [1.29, 1.82) is 0 Å². The van der Waals surface area contributed by atoms with E-state index in [-0.39, 0.29) is 18.4 Å². The fourth-order valence-electron chi connectivity index (χ4n) is 3.19. The van der Waals surface area contributed by atoms with Crippen LogP contribution in [-0.4, -0.2) is 36.0 Å². The van der Waals surface area contributed by atoms with Crippen molar-refractivity contribution in [2.75, 3.05) is 18.5 Å². The molecule has 0 saturated carbocycles. The summed E-state index contributed by atoms with van der Waals surface area (Å²) in [5, 5.41) is 4.16. The molecule has 1 unspecified atom stereocenters. The number of rotatable bonds is 6. The first-order valence-corrected chi connectivity index (χ1v) is 10.3. The van der Waals surface area contributed by atoms with Crippen LogP contribution >= 0.6 is 11.3 Å². The van der Waals surface area contributed by atoms with E-state index in [0.29, 0.717) is 27.4 Å². The number of amides is 1. The maximum Gasteiger partial charge on any atom is 0.278 e. The van der Waals surface area contributed by atoms with E-state index >= 15 is 0 Å². The number of hydroxylamine groups is 1. The Balaban J connectivity index is 1.53. The Labute approximate surface area is 177 Å². The zero-order valence-corrected chi connectivity index (χ0v) is 17.6. The Morgan fingerprint density at radius 3 is 2.97 bits per heavy atom. The average molecular weight is 431 g/mol. The normalized spacial score (nSPS) is 17.9. The number of nitrogens with zero attached hydrogens (tertiary/aromatic N) is 1. The molecule has 9 heteroatoms. The molecule has 3 heterocycles. The van der Waals surface area contributed by atoms with Crippen LogP contribution in [0.1, 0.15) is 29.8 Å². The summed E-state index contributed by atoms with van der Waals surface area (Å²) in [4.78, 5) is 23.2. The third kappa shape index (κ3) is 4.44. The Morgan fingerprint density at radius 2 is 2.23 bits per heavy atom. The smallest absolute Gasteiger partial charge is 0.278 e. The molecule has 1 fully saturated rings. The fraction of sp³-hybridized carbons (Fsp3) is 0.333. The minimum atomic E-state index is -0.664. The van der Waals surface area contributed by atoms with Crippen LogP contribution in [-0.2, 0) is 14.3 Å². The molecule has 1 amide bonds. The van der Waals surface area contributed by atoms with Crippen LogP contribution in [0.2, 0.25) is 0 Å². The lowest BCUT2D eigenvalue weighted by Gasteiger charge is -2.17. The summed E-state index contributed by atoms with van der Waals surface area (Å²) in [6.45, 7) is 5.97. The van der Waals surface area contributed by atoms with Crippen LogP contribution in [0.5, 0.6) is 0 Å². The molecule has 1 saturated heterocycles. The lowest BCUT2D eigenvalue weighted by atomic mass is 10.2. The van der Waals surface area contributed by atoms with E-state index in [1.807, 2.05) is 20.8 Å². The number of anilines is 2. The Morgan fingerprint density at radius 1 is 1.40 bits per heavy atom. The van der Waals surface area contributed by atoms with Gasteiger partial charge in [0.1, 0.15) is 28.4 Å². The molecule has 0 aliphatic carbocycles. The van der Waals surface area contributed by atoms with Gasteiger partial charge >= 0.3 is 0 Å². The van der Waals surface area contributed by atoms with E-state index in [9.17, 15) is 9.18 Å². The number of aryl methyl sites for hydroxylation is 1. The van der Waals surface area contributed by atoms with E-state index in [1.165, 1.54) is 17.4 Å². The first kappa shape index (κ1) is 20.7. The van der Waals surface area contributed by atoms with E-state index in [0.717, 1.165) is 5.56 Å². The summed E-state index contributed by atoms with van der Waals surface area (Å²) < 4.78 is 25.5. The van der Waals surface area contributed by atoms with Crippen molar-refractivity contribution in [3.8, 4) is 0 Å². The lowest BCUT2D eigenvalue weighted by Crippen LogP contribution is -2.30. The molecule has 158 valence electrons. The zero-order chi connectivity index (χ0) is 21.3. The maximum atomic E-state index is 14.3. The van der Waals surface area contributed by atoms with Crippen molar-refractivity contribution in [1.82, 2.24) is 10.5 Å². The Bertz CT molecular complexity index is 1090. The number of fused-ring (bicyclic) bond motifs is 1. The number of carbonyl (C=O) groups is 1. The van der Waals surface area contributed by atoms with Gasteiger partial charge < -0.3 is 14.8 Å². The fourth-order valence-corrected chi connectivity index (χ4v) is 4.24. The van der Waals surface area contributed by atoms with Gasteiger partial charge in [-0.3, -0.25) is 9.63 Å². The molecule has 7 nitrogen and oxygen atoms in total. The first-order chi connectivity index (χ1) is 14.3. The quantitative estimate of drug-likeness (QED) is 0.567. The van der Waals surface area contributed by atoms with Gasteiger partial charge in [0.25, 0.3) is 5.91 Å². The van der Waals surface area contributed by atoms with E-state index < -0.39 is 17.5 Å². The number of ether oxygens (including phenoxy) is 2. The highest BCUT2D eigenvalue weighted by Gasteiger charge is 2.33. The Kier molecular flexibility index (Phi) is 5.70. The molecule has 4 rings (SSSR count). The van der Waals surface area contributed by atoms with Crippen LogP contribution < -0.4 is 10.8 Å². The number of pyridine rings is 1. The predicted molar refractivity (Wildman–Crippen MR) is 112 cm³/mol. The molecule has 1 aliphatic rings. The summed E-state index contributed by atoms with van der Waals surface area (Å²) >= 11 is 1.27. The van der Waals surface area contributed by atoms with Crippen LogP contribution in [0, 0.1) is 12.7 Å². The van der Waals surface area contributed by atoms with Crippen molar-refractivity contribution in [3.63, 3.8) is 0 Å². The van der Waals surface area contributed by atoms with Gasteiger partial charge in [0, 0.05) is 11.6 Å². The van der Waals surface area contributed by atoms with Gasteiger partial charge in [-0.05, 0) is 50.6 Å². The topological polar surface area (TPSA) is 81.7 Å². The first-order valence-electron chi connectivity index (χ1n) is 9.47. The number of thiophene rings is 1. The molecule has 0 bridgehead atoms. The second kappa shape index (κ2) is 8.27. The standard InChI is InChI=1S/C21H22FN3O4S/c1-12-6-7-16(15(22)9-12)24-20-17(14-5-4-8-23-19(14)30-20)18(26)25-28-11-13-10-27-21(2,3)29-13/h4-9,13,24H,10-11H2,1-3H3,(H,25,26). The summed E-state index contributed by atoms with van der Waals surface area (Å²) in [6, 6.07) is 8.41. The highest BCUT2D eigenvalue weighted by Crippen LogP contribution is 2.37. The molecule has 2 N–H and O–H groups in total. The van der Waals surface area contributed by atoms with Gasteiger partial charge in [-0.25, -0.2) is 14.9 Å². The zero-order valence-electron chi connectivity index (χ0n) is 16.8. The number of hydrogen-bond acceptors (Lipinski definition) is 7. The van der Waals surface area contributed by atoms with Gasteiger partial charge in [-0.15, -0.1) is 0 Å².